The molecule has 1 rings (SSSR count). The van der Waals surface area contributed by atoms with Crippen molar-refractivity contribution in [1.82, 2.24) is 5.32 Å². The van der Waals surface area contributed by atoms with Crippen LogP contribution in [0.1, 0.15) is 5.56 Å². The number of nitrogens with one attached hydrogen (secondary N) is 1. The number of aliphatic hydroxyl groups is 1. The monoisotopic (exact) mass is 167 g/mol. The van der Waals surface area contributed by atoms with Gasteiger partial charge in [0.05, 0.1) is 0 Å². The Bertz CT molecular complexity index is 233. The van der Waals surface area contributed by atoms with Gasteiger partial charge in [0.15, 0.2) is 0 Å². The van der Waals surface area contributed by atoms with Crippen molar-refractivity contribution >= 4 is 0 Å². The maximum Gasteiger partial charge on any atom is 0.115 e. The first kappa shape index (κ1) is 9.03. The van der Waals surface area contributed by atoms with Gasteiger partial charge in [-0.15, -0.1) is 0 Å². The van der Waals surface area contributed by atoms with Gasteiger partial charge in [-0.3, -0.25) is 5.32 Å². The normalized spacial score (nSPS) is 12.8. The summed E-state index contributed by atoms with van der Waals surface area (Å²) >= 11 is 0. The number of hydrogen-bond donors (Lipinski definition) is 3. The van der Waals surface area contributed by atoms with Gasteiger partial charge in [0.25, 0.3) is 0 Å². The van der Waals surface area contributed by atoms with Crippen LogP contribution in [0.5, 0.6) is 5.75 Å². The number of phenols is 1. The molecule has 0 aliphatic carbocycles. The van der Waals surface area contributed by atoms with Crippen molar-refractivity contribution in [2.75, 3.05) is 7.05 Å². The van der Waals surface area contributed by atoms with Crippen LogP contribution in [-0.2, 0) is 6.42 Å². The molecule has 0 amide bonds. The molecular weight excluding hydrogens is 154 g/mol. The van der Waals surface area contributed by atoms with Gasteiger partial charge in [-0.2, -0.15) is 0 Å². The van der Waals surface area contributed by atoms with Crippen LogP contribution in [0.15, 0.2) is 24.3 Å². The summed E-state index contributed by atoms with van der Waals surface area (Å²) in [4.78, 5) is 0. The first-order valence-electron chi connectivity index (χ1n) is 3.85. The van der Waals surface area contributed by atoms with Crippen LogP contribution in [0.2, 0.25) is 0 Å². The lowest BCUT2D eigenvalue weighted by molar-refractivity contribution is 0.147. The van der Waals surface area contributed by atoms with Crippen LogP contribution in [0.4, 0.5) is 0 Å². The summed E-state index contributed by atoms with van der Waals surface area (Å²) in [6.45, 7) is 0. The summed E-state index contributed by atoms with van der Waals surface area (Å²) in [6.07, 6.45) is 0.0334. The predicted octanol–water partition coefficient (Wildman–Crippen LogP) is 0.472. The number of phenolic OH excluding ortho intramolecular Hbond substituents is 1. The molecule has 3 N–H and O–H groups in total. The van der Waals surface area contributed by atoms with Gasteiger partial charge in [0.1, 0.15) is 12.0 Å². The van der Waals surface area contributed by atoms with E-state index in [2.05, 4.69) is 5.32 Å². The third-order valence-electron chi connectivity index (χ3n) is 1.70. The molecule has 0 spiro atoms. The third-order valence-corrected chi connectivity index (χ3v) is 1.70. The molecule has 1 atom stereocenters. The zero-order valence-corrected chi connectivity index (χ0v) is 6.99. The van der Waals surface area contributed by atoms with Gasteiger partial charge < -0.3 is 10.2 Å². The standard InChI is InChI=1S/C9H13NO2/c1-10-9(12)6-7-2-4-8(11)5-3-7/h2-5,9-12H,6H2,1H3/t9-/m0/s1. The molecule has 1 aromatic carbocycles. The molecule has 0 unspecified atom stereocenters. The molecule has 3 nitrogen and oxygen atoms in total. The Kier molecular flexibility index (Phi) is 3.08. The van der Waals surface area contributed by atoms with Crippen molar-refractivity contribution in [1.29, 1.82) is 0 Å². The van der Waals surface area contributed by atoms with E-state index in [0.717, 1.165) is 5.56 Å². The third kappa shape index (κ3) is 2.53. The number of likely N-dealkylation sites (N-methyl/N-ethyl adjacent to an activating group) is 1. The van der Waals surface area contributed by atoms with E-state index in [0.29, 0.717) is 6.42 Å². The number of aliphatic hydroxyl groups excluding tert-OH is 1. The molecule has 1 aromatic rings. The smallest absolute Gasteiger partial charge is 0.115 e. The highest BCUT2D eigenvalue weighted by Gasteiger charge is 2.00. The van der Waals surface area contributed by atoms with Gasteiger partial charge in [-0.05, 0) is 24.7 Å². The average Bonchev–Trinajstić information content (AvgIpc) is 2.09. The largest absolute Gasteiger partial charge is 0.508 e. The Morgan fingerprint density at radius 3 is 2.42 bits per heavy atom. The summed E-state index contributed by atoms with van der Waals surface area (Å²) in [7, 11) is 1.70. The Labute approximate surface area is 71.7 Å². The van der Waals surface area contributed by atoms with E-state index < -0.39 is 6.23 Å². The molecular formula is C9H13NO2. The second-order valence-corrected chi connectivity index (χ2v) is 2.68. The lowest BCUT2D eigenvalue weighted by atomic mass is 10.1. The van der Waals surface area contributed by atoms with Gasteiger partial charge >= 0.3 is 0 Å². The highest BCUT2D eigenvalue weighted by atomic mass is 16.3. The number of rotatable bonds is 3. The Morgan fingerprint density at radius 1 is 1.33 bits per heavy atom. The zero-order chi connectivity index (χ0) is 8.97. The van der Waals surface area contributed by atoms with Crippen LogP contribution in [0.3, 0.4) is 0 Å². The van der Waals surface area contributed by atoms with Crippen molar-refractivity contribution < 1.29 is 10.2 Å². The minimum atomic E-state index is -0.519. The van der Waals surface area contributed by atoms with E-state index in [9.17, 15) is 5.11 Å². The molecule has 0 saturated carbocycles. The number of benzene rings is 1. The first-order chi connectivity index (χ1) is 5.72. The van der Waals surface area contributed by atoms with Gasteiger partial charge in [0, 0.05) is 6.42 Å². The second-order valence-electron chi connectivity index (χ2n) is 2.68. The van der Waals surface area contributed by atoms with E-state index >= 15 is 0 Å². The fourth-order valence-corrected chi connectivity index (χ4v) is 0.957. The number of aromatic hydroxyl groups is 1. The van der Waals surface area contributed by atoms with E-state index in [-0.39, 0.29) is 5.75 Å². The van der Waals surface area contributed by atoms with E-state index in [4.69, 9.17) is 5.11 Å². The summed E-state index contributed by atoms with van der Waals surface area (Å²) < 4.78 is 0. The summed E-state index contributed by atoms with van der Waals surface area (Å²) in [6, 6.07) is 6.79. The molecule has 0 aliphatic heterocycles. The van der Waals surface area contributed by atoms with Gasteiger partial charge in [-0.1, -0.05) is 12.1 Å². The molecule has 0 saturated heterocycles. The predicted molar refractivity (Wildman–Crippen MR) is 46.9 cm³/mol. The highest BCUT2D eigenvalue weighted by Crippen LogP contribution is 2.10. The average molecular weight is 167 g/mol. The zero-order valence-electron chi connectivity index (χ0n) is 6.99. The highest BCUT2D eigenvalue weighted by molar-refractivity contribution is 5.26. The molecule has 0 aliphatic rings. The molecule has 0 aromatic heterocycles. The fraction of sp³-hybridized carbons (Fsp3) is 0.333. The van der Waals surface area contributed by atoms with Crippen LogP contribution < -0.4 is 5.32 Å². The molecule has 3 heteroatoms. The van der Waals surface area contributed by atoms with Crippen LogP contribution >= 0.6 is 0 Å². The fourth-order valence-electron chi connectivity index (χ4n) is 0.957. The number of hydrogen-bond acceptors (Lipinski definition) is 3. The van der Waals surface area contributed by atoms with Crippen molar-refractivity contribution in [3.63, 3.8) is 0 Å². The van der Waals surface area contributed by atoms with Crippen molar-refractivity contribution in [2.24, 2.45) is 0 Å². The lowest BCUT2D eigenvalue weighted by Crippen LogP contribution is -2.26. The van der Waals surface area contributed by atoms with Gasteiger partial charge in [-0.25, -0.2) is 0 Å². The minimum Gasteiger partial charge on any atom is -0.508 e. The van der Waals surface area contributed by atoms with Crippen LogP contribution in [-0.4, -0.2) is 23.5 Å². The molecule has 0 fully saturated rings. The van der Waals surface area contributed by atoms with Crippen LogP contribution in [0.25, 0.3) is 0 Å². The topological polar surface area (TPSA) is 52.5 Å². The Hall–Kier alpha value is -1.06. The summed E-state index contributed by atoms with van der Waals surface area (Å²) in [5.41, 5.74) is 0.995. The molecule has 66 valence electrons. The van der Waals surface area contributed by atoms with E-state index in [1.54, 1.807) is 31.3 Å². The summed E-state index contributed by atoms with van der Waals surface area (Å²) in [5.74, 6) is 0.248. The van der Waals surface area contributed by atoms with E-state index in [1.165, 1.54) is 0 Å². The molecule has 12 heavy (non-hydrogen) atoms. The molecule has 0 bridgehead atoms. The van der Waals surface area contributed by atoms with Crippen LogP contribution in [0, 0.1) is 0 Å². The maximum absolute atomic E-state index is 9.21. The summed E-state index contributed by atoms with van der Waals surface area (Å²) in [5, 5.41) is 20.9. The SMILES string of the molecule is CN[C@@H](O)Cc1ccc(O)cc1. The van der Waals surface area contributed by atoms with Crippen molar-refractivity contribution in [2.45, 2.75) is 12.6 Å². The molecule has 0 heterocycles. The maximum atomic E-state index is 9.21. The lowest BCUT2D eigenvalue weighted by Gasteiger charge is -2.08. The van der Waals surface area contributed by atoms with Crippen molar-refractivity contribution in [3.05, 3.63) is 29.8 Å². The molecule has 0 radical (unpaired) electrons. The minimum absolute atomic E-state index is 0.248. The Morgan fingerprint density at radius 2 is 1.92 bits per heavy atom. The Balaban J connectivity index is 2.58. The second kappa shape index (κ2) is 4.09. The quantitative estimate of drug-likeness (QED) is 0.574. The van der Waals surface area contributed by atoms with Gasteiger partial charge in [0.2, 0.25) is 0 Å². The first-order valence-corrected chi connectivity index (χ1v) is 3.85. The van der Waals surface area contributed by atoms with E-state index in [1.807, 2.05) is 0 Å². The van der Waals surface area contributed by atoms with Crippen molar-refractivity contribution in [3.8, 4) is 5.75 Å².